The molecule has 48 heavy (non-hydrogen) atoms. The summed E-state index contributed by atoms with van der Waals surface area (Å²) in [6.45, 7) is 7.56. The lowest BCUT2D eigenvalue weighted by Gasteiger charge is -2.37. The van der Waals surface area contributed by atoms with Crippen LogP contribution >= 0.6 is 0 Å². The fourth-order valence-electron chi connectivity index (χ4n) is 5.91. The Labute approximate surface area is 278 Å². The van der Waals surface area contributed by atoms with Gasteiger partial charge in [-0.3, -0.25) is 18.8 Å². The summed E-state index contributed by atoms with van der Waals surface area (Å²) in [5.41, 5.74) is -0.355. The van der Waals surface area contributed by atoms with Gasteiger partial charge in [0.1, 0.15) is 40.5 Å². The highest BCUT2D eigenvalue weighted by Gasteiger charge is 2.34. The summed E-state index contributed by atoms with van der Waals surface area (Å²) in [5.74, 6) is -4.70. The zero-order chi connectivity index (χ0) is 34.9. The molecule has 0 saturated carbocycles. The number of alkyl carbamates (subject to hydrolysis) is 1. The molecule has 3 aromatic rings. The number of carbonyl (C=O) groups is 3. The molecule has 3 atom stereocenters. The van der Waals surface area contributed by atoms with Crippen LogP contribution < -0.4 is 15.5 Å². The van der Waals surface area contributed by atoms with Crippen molar-refractivity contribution in [2.24, 2.45) is 0 Å². The Morgan fingerprint density at radius 1 is 1.06 bits per heavy atom. The lowest BCUT2D eigenvalue weighted by molar-refractivity contribution is -0.146. The Morgan fingerprint density at radius 2 is 1.77 bits per heavy atom. The van der Waals surface area contributed by atoms with E-state index in [1.54, 1.807) is 20.8 Å². The summed E-state index contributed by atoms with van der Waals surface area (Å²) in [6, 6.07) is 3.34. The van der Waals surface area contributed by atoms with Crippen LogP contribution in [-0.4, -0.2) is 63.1 Å². The van der Waals surface area contributed by atoms with Crippen LogP contribution in [0.3, 0.4) is 0 Å². The highest BCUT2D eigenvalue weighted by Crippen LogP contribution is 2.43. The zero-order valence-electron chi connectivity index (χ0n) is 27.1. The number of pyridine rings is 2. The van der Waals surface area contributed by atoms with Crippen LogP contribution in [-0.2, 0) is 31.5 Å². The standard InChI is InChI=1S/C33H36F3N5O6S/c1-17(42)46-26-11-8-20-28(26)37-15-25(30(20)41-12-6-7-18(16-41)38-32(44)47-33(2,3)4)40-31(43)24-10-9-21(34)29(39-24)27-22(35)13-19(48(5)45)14-23(27)36/h9-10,13-15,18,26H,6-8,11-12,16H2,1-5H3,(H,38,44)(H,40,43). The van der Waals surface area contributed by atoms with Crippen LogP contribution in [0.2, 0.25) is 0 Å². The van der Waals surface area contributed by atoms with E-state index >= 15 is 0 Å². The number of aromatic nitrogens is 2. The molecule has 1 fully saturated rings. The van der Waals surface area contributed by atoms with E-state index in [1.807, 2.05) is 4.90 Å². The summed E-state index contributed by atoms with van der Waals surface area (Å²) in [7, 11) is -1.69. The van der Waals surface area contributed by atoms with Crippen molar-refractivity contribution in [2.45, 2.75) is 76.0 Å². The molecule has 2 aliphatic rings. The Bertz CT molecular complexity index is 1780. The van der Waals surface area contributed by atoms with Gasteiger partial charge in [0.25, 0.3) is 5.91 Å². The molecule has 15 heteroatoms. The van der Waals surface area contributed by atoms with Crippen LogP contribution in [0.4, 0.5) is 29.3 Å². The van der Waals surface area contributed by atoms with E-state index in [9.17, 15) is 31.8 Å². The first-order chi connectivity index (χ1) is 22.6. The van der Waals surface area contributed by atoms with Crippen LogP contribution in [0, 0.1) is 17.5 Å². The molecule has 1 aliphatic carbocycles. The molecule has 1 aliphatic heterocycles. The quantitative estimate of drug-likeness (QED) is 0.304. The molecule has 2 aromatic heterocycles. The molecule has 2 N–H and O–H groups in total. The van der Waals surface area contributed by atoms with Crippen molar-refractivity contribution in [1.29, 1.82) is 0 Å². The number of nitrogens with one attached hydrogen (secondary N) is 2. The van der Waals surface area contributed by atoms with Gasteiger partial charge in [0.15, 0.2) is 0 Å². The summed E-state index contributed by atoms with van der Waals surface area (Å²) in [4.78, 5) is 48.3. The van der Waals surface area contributed by atoms with Crippen LogP contribution in [0.5, 0.6) is 0 Å². The van der Waals surface area contributed by atoms with E-state index in [-0.39, 0.29) is 22.3 Å². The fraction of sp³-hybridized carbons (Fsp3) is 0.424. The molecule has 256 valence electrons. The van der Waals surface area contributed by atoms with Gasteiger partial charge in [-0.1, -0.05) is 0 Å². The molecule has 5 rings (SSSR count). The number of hydrogen-bond acceptors (Lipinski definition) is 9. The second kappa shape index (κ2) is 13.9. The van der Waals surface area contributed by atoms with Gasteiger partial charge >= 0.3 is 12.1 Å². The van der Waals surface area contributed by atoms with E-state index in [0.717, 1.165) is 29.8 Å². The largest absolute Gasteiger partial charge is 0.456 e. The number of rotatable bonds is 7. The maximum Gasteiger partial charge on any atom is 0.407 e. The first-order valence-electron chi connectivity index (χ1n) is 15.4. The lowest BCUT2D eigenvalue weighted by Crippen LogP contribution is -2.49. The molecule has 2 amide bonds. The summed E-state index contributed by atoms with van der Waals surface area (Å²) in [6.07, 6.45) is 3.88. The second-order valence-corrected chi connectivity index (χ2v) is 14.0. The number of amides is 2. The van der Waals surface area contributed by atoms with Gasteiger partial charge in [-0.25, -0.2) is 22.9 Å². The molecular formula is C33H36F3N5O6S. The average Bonchev–Trinajstić information content (AvgIpc) is 3.38. The molecule has 1 aromatic carbocycles. The number of carbonyl (C=O) groups excluding carboxylic acids is 3. The Balaban J connectivity index is 1.48. The number of fused-ring (bicyclic) bond motifs is 1. The van der Waals surface area contributed by atoms with Crippen molar-refractivity contribution in [3.8, 4) is 11.3 Å². The predicted molar refractivity (Wildman–Crippen MR) is 172 cm³/mol. The minimum atomic E-state index is -1.69. The Hall–Kier alpha value is -4.53. The van der Waals surface area contributed by atoms with Crippen LogP contribution in [0.1, 0.15) is 74.8 Å². The molecule has 3 unspecified atom stereocenters. The highest BCUT2D eigenvalue weighted by molar-refractivity contribution is 7.84. The first-order valence-corrected chi connectivity index (χ1v) is 16.9. The minimum Gasteiger partial charge on any atom is -0.456 e. The number of benzene rings is 1. The fourth-order valence-corrected chi connectivity index (χ4v) is 6.44. The van der Waals surface area contributed by atoms with E-state index in [4.69, 9.17) is 9.47 Å². The van der Waals surface area contributed by atoms with Crippen molar-refractivity contribution in [2.75, 3.05) is 29.6 Å². The number of hydrogen-bond donors (Lipinski definition) is 2. The average molecular weight is 688 g/mol. The maximum atomic E-state index is 14.9. The predicted octanol–water partition coefficient (Wildman–Crippen LogP) is 5.59. The monoisotopic (exact) mass is 687 g/mol. The normalized spacial score (nSPS) is 18.1. The molecule has 3 heterocycles. The van der Waals surface area contributed by atoms with E-state index in [2.05, 4.69) is 20.6 Å². The number of piperidine rings is 1. The van der Waals surface area contributed by atoms with E-state index in [0.29, 0.717) is 50.2 Å². The van der Waals surface area contributed by atoms with Gasteiger partial charge in [-0.05, 0) is 70.7 Å². The van der Waals surface area contributed by atoms with Gasteiger partial charge in [0.2, 0.25) is 0 Å². The van der Waals surface area contributed by atoms with E-state index in [1.165, 1.54) is 19.4 Å². The van der Waals surface area contributed by atoms with Crippen molar-refractivity contribution < 1.29 is 41.2 Å². The Morgan fingerprint density at radius 3 is 2.42 bits per heavy atom. The van der Waals surface area contributed by atoms with Crippen molar-refractivity contribution >= 4 is 40.1 Å². The topological polar surface area (TPSA) is 140 Å². The van der Waals surface area contributed by atoms with Crippen LogP contribution in [0.15, 0.2) is 35.4 Å². The smallest absolute Gasteiger partial charge is 0.407 e. The van der Waals surface area contributed by atoms with Gasteiger partial charge in [0, 0.05) is 53.6 Å². The SMILES string of the molecule is CC(=O)OC1CCc2c1ncc(NC(=O)c1ccc(F)c(-c3c(F)cc(S(C)=O)cc3F)n1)c2N1CCCC(NC(=O)OC(C)(C)C)C1. The highest BCUT2D eigenvalue weighted by atomic mass is 32.2. The summed E-state index contributed by atoms with van der Waals surface area (Å²) < 4.78 is 67.5. The summed E-state index contributed by atoms with van der Waals surface area (Å²) >= 11 is 0. The van der Waals surface area contributed by atoms with Crippen molar-refractivity contribution in [3.63, 3.8) is 0 Å². The zero-order valence-corrected chi connectivity index (χ0v) is 27.9. The number of esters is 1. The van der Waals surface area contributed by atoms with Crippen LogP contribution in [0.25, 0.3) is 11.3 Å². The molecular weight excluding hydrogens is 651 g/mol. The van der Waals surface area contributed by atoms with E-state index < -0.39 is 69.2 Å². The van der Waals surface area contributed by atoms with Gasteiger partial charge in [0.05, 0.1) is 28.8 Å². The van der Waals surface area contributed by atoms with Crippen molar-refractivity contribution in [3.05, 3.63) is 64.9 Å². The third kappa shape index (κ3) is 7.77. The number of halogens is 3. The molecule has 0 bridgehead atoms. The Kier molecular flexibility index (Phi) is 10.1. The van der Waals surface area contributed by atoms with Gasteiger partial charge in [-0.15, -0.1) is 0 Å². The third-order valence-corrected chi connectivity index (χ3v) is 8.72. The molecule has 1 saturated heterocycles. The lowest BCUT2D eigenvalue weighted by atomic mass is 10.0. The molecule has 0 spiro atoms. The van der Waals surface area contributed by atoms with Gasteiger partial charge in [-0.2, -0.15) is 0 Å². The molecule has 0 radical (unpaired) electrons. The van der Waals surface area contributed by atoms with Gasteiger partial charge < -0.3 is 25.0 Å². The minimum absolute atomic E-state index is 0.128. The number of nitrogens with zero attached hydrogens (tertiary/aromatic N) is 3. The second-order valence-electron chi connectivity index (χ2n) is 12.6. The maximum absolute atomic E-state index is 14.9. The molecule has 11 nitrogen and oxygen atoms in total. The number of ether oxygens (including phenoxy) is 2. The number of anilines is 2. The third-order valence-electron chi connectivity index (χ3n) is 7.82. The van der Waals surface area contributed by atoms with Crippen molar-refractivity contribution in [1.82, 2.24) is 15.3 Å². The first kappa shape index (κ1) is 34.8. The summed E-state index contributed by atoms with van der Waals surface area (Å²) in [5, 5.41) is 5.68.